The van der Waals surface area contributed by atoms with Gasteiger partial charge >= 0.3 is 0 Å². The minimum atomic E-state index is -0.666. The van der Waals surface area contributed by atoms with Crippen LogP contribution in [0.25, 0.3) is 21.6 Å². The minimum absolute atomic E-state index is 0.0698. The van der Waals surface area contributed by atoms with Crippen molar-refractivity contribution < 1.29 is 19.5 Å². The topological polar surface area (TPSA) is 146 Å². The van der Waals surface area contributed by atoms with Gasteiger partial charge in [0.15, 0.2) is 11.6 Å². The van der Waals surface area contributed by atoms with Crippen molar-refractivity contribution in [1.82, 2.24) is 30.7 Å². The maximum atomic E-state index is 11.6. The highest BCUT2D eigenvalue weighted by molar-refractivity contribution is 7.19. The second-order valence-corrected chi connectivity index (χ2v) is 10.2. The molecular weight excluding hydrogens is 520 g/mol. The molecule has 0 spiro atoms. The monoisotopic (exact) mass is 548 g/mol. The van der Waals surface area contributed by atoms with Crippen molar-refractivity contribution in [2.24, 2.45) is 0 Å². The van der Waals surface area contributed by atoms with E-state index in [4.69, 9.17) is 19.9 Å². The van der Waals surface area contributed by atoms with Gasteiger partial charge < -0.3 is 19.9 Å². The number of hydrogen-bond acceptors (Lipinski definition) is 11. The molecule has 4 heterocycles. The molecule has 13 heteroatoms. The third kappa shape index (κ3) is 6.11. The Morgan fingerprint density at radius 3 is 2.51 bits per heavy atom. The number of aromatic nitrogens is 4. The SMILES string of the molecule is CC(=O)NCc1ccc(-c2nc(N3CCOCC3)c3sc(CN(C)c4ncc(C(=O)NO)cn4)cc3n2)cc1. The third-order valence-electron chi connectivity index (χ3n) is 6.21. The van der Waals surface area contributed by atoms with E-state index in [9.17, 15) is 9.59 Å². The number of fused-ring (bicyclic) bond motifs is 1. The summed E-state index contributed by atoms with van der Waals surface area (Å²) in [6.45, 7) is 5.27. The van der Waals surface area contributed by atoms with Gasteiger partial charge in [0.1, 0.15) is 0 Å². The van der Waals surface area contributed by atoms with E-state index in [-0.39, 0.29) is 11.5 Å². The van der Waals surface area contributed by atoms with Gasteiger partial charge in [-0.05, 0) is 11.6 Å². The van der Waals surface area contributed by atoms with Gasteiger partial charge in [-0.15, -0.1) is 11.3 Å². The number of benzene rings is 1. The number of rotatable bonds is 8. The molecule has 1 saturated heterocycles. The summed E-state index contributed by atoms with van der Waals surface area (Å²) in [7, 11) is 1.87. The molecule has 0 atom stereocenters. The number of nitrogens with zero attached hydrogens (tertiary/aromatic N) is 6. The van der Waals surface area contributed by atoms with Gasteiger partial charge in [-0.2, -0.15) is 0 Å². The van der Waals surface area contributed by atoms with Crippen LogP contribution in [-0.2, 0) is 22.6 Å². The molecule has 3 N–H and O–H groups in total. The second kappa shape index (κ2) is 11.7. The zero-order valence-electron chi connectivity index (χ0n) is 21.5. The van der Waals surface area contributed by atoms with Crippen LogP contribution in [-0.4, -0.2) is 70.3 Å². The van der Waals surface area contributed by atoms with E-state index < -0.39 is 5.91 Å². The van der Waals surface area contributed by atoms with Crippen LogP contribution in [0.2, 0.25) is 0 Å². The molecule has 4 aromatic rings. The Morgan fingerprint density at radius 1 is 1.13 bits per heavy atom. The number of hydrogen-bond donors (Lipinski definition) is 3. The van der Waals surface area contributed by atoms with Gasteiger partial charge in [-0.25, -0.2) is 25.4 Å². The van der Waals surface area contributed by atoms with E-state index in [1.165, 1.54) is 19.3 Å². The van der Waals surface area contributed by atoms with Gasteiger partial charge in [-0.1, -0.05) is 24.3 Å². The fourth-order valence-corrected chi connectivity index (χ4v) is 5.33. The van der Waals surface area contributed by atoms with Gasteiger partial charge in [0.05, 0.1) is 35.5 Å². The fourth-order valence-electron chi connectivity index (χ4n) is 4.16. The molecule has 1 fully saturated rings. The minimum Gasteiger partial charge on any atom is -0.378 e. The molecule has 12 nitrogen and oxygen atoms in total. The van der Waals surface area contributed by atoms with Crippen LogP contribution in [0.1, 0.15) is 27.7 Å². The molecule has 39 heavy (non-hydrogen) atoms. The number of carbonyl (C=O) groups excluding carboxylic acids is 2. The van der Waals surface area contributed by atoms with Crippen molar-refractivity contribution in [3.05, 3.63) is 58.7 Å². The summed E-state index contributed by atoms with van der Waals surface area (Å²) in [5.41, 5.74) is 4.48. The quantitative estimate of drug-likeness (QED) is 0.222. The molecule has 1 aromatic carbocycles. The largest absolute Gasteiger partial charge is 0.378 e. The predicted octanol–water partition coefficient (Wildman–Crippen LogP) is 2.38. The third-order valence-corrected chi connectivity index (χ3v) is 7.31. The van der Waals surface area contributed by atoms with Gasteiger partial charge in [0, 0.05) is 56.4 Å². The Morgan fingerprint density at radius 2 is 1.85 bits per heavy atom. The lowest BCUT2D eigenvalue weighted by molar-refractivity contribution is -0.119. The molecule has 2 amide bonds. The van der Waals surface area contributed by atoms with Crippen LogP contribution >= 0.6 is 11.3 Å². The molecule has 1 aliphatic heterocycles. The summed E-state index contributed by atoms with van der Waals surface area (Å²) < 4.78 is 6.57. The van der Waals surface area contributed by atoms with Gasteiger partial charge in [-0.3, -0.25) is 14.8 Å². The van der Waals surface area contributed by atoms with E-state index in [1.807, 2.05) is 36.2 Å². The van der Waals surface area contributed by atoms with Crippen molar-refractivity contribution in [2.75, 3.05) is 43.2 Å². The summed E-state index contributed by atoms with van der Waals surface area (Å²) >= 11 is 1.63. The number of morpholine rings is 1. The molecular formula is C26H28N8O4S. The summed E-state index contributed by atoms with van der Waals surface area (Å²) in [4.78, 5) is 46.3. The van der Waals surface area contributed by atoms with Crippen LogP contribution in [0.5, 0.6) is 0 Å². The van der Waals surface area contributed by atoms with Crippen LogP contribution in [0.4, 0.5) is 11.8 Å². The molecule has 0 radical (unpaired) electrons. The highest BCUT2D eigenvalue weighted by Crippen LogP contribution is 2.35. The zero-order chi connectivity index (χ0) is 27.4. The first kappa shape index (κ1) is 26.4. The van der Waals surface area contributed by atoms with Crippen LogP contribution in [0.15, 0.2) is 42.7 Å². The molecule has 0 bridgehead atoms. The number of ether oxygens (including phenoxy) is 1. The van der Waals surface area contributed by atoms with Crippen LogP contribution < -0.4 is 20.6 Å². The average molecular weight is 549 g/mol. The lowest BCUT2D eigenvalue weighted by Crippen LogP contribution is -2.36. The summed E-state index contributed by atoms with van der Waals surface area (Å²) in [6.07, 6.45) is 2.73. The van der Waals surface area contributed by atoms with Crippen molar-refractivity contribution in [1.29, 1.82) is 0 Å². The molecule has 3 aromatic heterocycles. The Bertz CT molecular complexity index is 1470. The number of anilines is 2. The zero-order valence-corrected chi connectivity index (χ0v) is 22.4. The van der Waals surface area contributed by atoms with Gasteiger partial charge in [0.2, 0.25) is 11.9 Å². The Labute approximate surface area is 228 Å². The summed E-state index contributed by atoms with van der Waals surface area (Å²) in [5, 5.41) is 11.6. The van der Waals surface area contributed by atoms with E-state index in [2.05, 4.69) is 26.3 Å². The van der Waals surface area contributed by atoms with Crippen molar-refractivity contribution in [3.8, 4) is 11.4 Å². The van der Waals surface area contributed by atoms with Crippen LogP contribution in [0, 0.1) is 0 Å². The smallest absolute Gasteiger partial charge is 0.277 e. The first-order valence-electron chi connectivity index (χ1n) is 12.4. The normalized spacial score (nSPS) is 13.4. The molecule has 0 unspecified atom stereocenters. The Hall–Kier alpha value is -4.20. The standard InChI is InChI=1S/C26H28N8O4S/c1-16(35)27-12-17-3-5-18(6-4-17)23-30-21-11-20(39-22(21)24(31-23)34-7-9-38-10-8-34)15-33(2)26-28-13-19(14-29-26)25(36)32-37/h3-6,11,13-14,37H,7-10,12,15H2,1-2H3,(H,27,35)(H,32,36). The van der Waals surface area contributed by atoms with E-state index >= 15 is 0 Å². The van der Waals surface area contributed by atoms with E-state index in [0.29, 0.717) is 38.1 Å². The van der Waals surface area contributed by atoms with E-state index in [1.54, 1.807) is 16.8 Å². The number of thiophene rings is 1. The Kier molecular flexibility index (Phi) is 7.91. The maximum absolute atomic E-state index is 11.6. The molecule has 0 aliphatic carbocycles. The van der Waals surface area contributed by atoms with E-state index in [0.717, 1.165) is 45.1 Å². The number of amides is 2. The van der Waals surface area contributed by atoms with Crippen molar-refractivity contribution in [3.63, 3.8) is 0 Å². The predicted molar refractivity (Wildman–Crippen MR) is 147 cm³/mol. The highest BCUT2D eigenvalue weighted by atomic mass is 32.1. The summed E-state index contributed by atoms with van der Waals surface area (Å²) in [5.74, 6) is 1.23. The lowest BCUT2D eigenvalue weighted by atomic mass is 10.1. The lowest BCUT2D eigenvalue weighted by Gasteiger charge is -2.28. The van der Waals surface area contributed by atoms with Crippen molar-refractivity contribution in [2.45, 2.75) is 20.0 Å². The number of carbonyl (C=O) groups is 2. The first-order valence-corrected chi connectivity index (χ1v) is 13.2. The van der Waals surface area contributed by atoms with Crippen molar-refractivity contribution >= 4 is 45.1 Å². The number of nitrogens with one attached hydrogen (secondary N) is 2. The highest BCUT2D eigenvalue weighted by Gasteiger charge is 2.21. The first-order chi connectivity index (χ1) is 18.9. The van der Waals surface area contributed by atoms with Crippen LogP contribution in [0.3, 0.4) is 0 Å². The van der Waals surface area contributed by atoms with Gasteiger partial charge in [0.25, 0.3) is 5.91 Å². The molecule has 1 aliphatic rings. The molecule has 5 rings (SSSR count). The maximum Gasteiger partial charge on any atom is 0.277 e. The Balaban J connectivity index is 1.44. The average Bonchev–Trinajstić information content (AvgIpc) is 3.38. The molecule has 202 valence electrons. The summed E-state index contributed by atoms with van der Waals surface area (Å²) in [6, 6.07) is 9.94. The number of hydroxylamine groups is 1. The second-order valence-electron chi connectivity index (χ2n) is 9.07. The fraction of sp³-hybridized carbons (Fsp3) is 0.308. The molecule has 0 saturated carbocycles.